The van der Waals surface area contributed by atoms with E-state index >= 15 is 0 Å². The first-order chi connectivity index (χ1) is 21.8. The Kier molecular flexibility index (Phi) is 28.4. The summed E-state index contributed by atoms with van der Waals surface area (Å²) in [5, 5.41) is 17.9. The van der Waals surface area contributed by atoms with Gasteiger partial charge in [-0.2, -0.15) is 0 Å². The van der Waals surface area contributed by atoms with Crippen molar-refractivity contribution in [1.29, 1.82) is 0 Å². The molecular weight excluding hydrogens is 607 g/mol. The zero-order chi connectivity index (χ0) is 33.4. The number of hydrogen-bond acceptors (Lipinski definition) is 7. The van der Waals surface area contributed by atoms with Gasteiger partial charge in [0.1, 0.15) is 6.10 Å². The van der Waals surface area contributed by atoms with Crippen molar-refractivity contribution in [1.82, 2.24) is 16.0 Å². The minimum absolute atomic E-state index is 0.0109. The Morgan fingerprint density at radius 1 is 0.689 bits per heavy atom. The summed E-state index contributed by atoms with van der Waals surface area (Å²) < 4.78 is 5.21. The van der Waals surface area contributed by atoms with Crippen LogP contribution in [-0.2, 0) is 19.1 Å². The lowest BCUT2D eigenvalue weighted by Gasteiger charge is -2.30. The average Bonchev–Trinajstić information content (AvgIpc) is 3.01. The Hall–Kier alpha value is -2.53. The molecule has 3 amide bonds. The second-order valence-corrected chi connectivity index (χ2v) is 13.5. The van der Waals surface area contributed by atoms with E-state index in [1.54, 1.807) is 35.4 Å². The van der Waals surface area contributed by atoms with Crippen LogP contribution in [0.15, 0.2) is 72.9 Å². The van der Waals surface area contributed by atoms with Crippen LogP contribution in [0.1, 0.15) is 72.1 Å². The monoisotopic (exact) mass is 663 g/mol. The Morgan fingerprint density at radius 3 is 1.58 bits per heavy atom. The van der Waals surface area contributed by atoms with Gasteiger partial charge in [-0.25, -0.2) is 0 Å². The molecular formula is C35H57N3O5S2. The Morgan fingerprint density at radius 2 is 1.13 bits per heavy atom. The summed E-state index contributed by atoms with van der Waals surface area (Å²) in [6.07, 6.45) is 31.2. The molecule has 10 heteroatoms. The molecule has 4 N–H and O–H groups in total. The van der Waals surface area contributed by atoms with Gasteiger partial charge in [0.2, 0.25) is 17.7 Å². The molecule has 0 spiro atoms. The van der Waals surface area contributed by atoms with Crippen molar-refractivity contribution >= 4 is 39.3 Å². The SMILES string of the molecule is CC/C=C\C/C=C\C/C=C\C/C=C\C/C=C\C/C=C\CC(=O)NCCSSCCNC(=O)CCNC(=O)[C@H](OC)C(C)(C)CO. The third kappa shape index (κ3) is 26.4. The molecule has 45 heavy (non-hydrogen) atoms. The molecule has 0 rings (SSSR count). The van der Waals surface area contributed by atoms with Gasteiger partial charge in [-0.05, 0) is 38.5 Å². The van der Waals surface area contributed by atoms with Crippen molar-refractivity contribution < 1.29 is 24.2 Å². The van der Waals surface area contributed by atoms with Gasteiger partial charge in [-0.15, -0.1) is 0 Å². The van der Waals surface area contributed by atoms with Gasteiger partial charge >= 0.3 is 0 Å². The first-order valence-corrected chi connectivity index (χ1v) is 18.4. The van der Waals surface area contributed by atoms with Crippen LogP contribution in [0.2, 0.25) is 0 Å². The van der Waals surface area contributed by atoms with E-state index in [0.29, 0.717) is 19.5 Å². The topological polar surface area (TPSA) is 117 Å². The van der Waals surface area contributed by atoms with Crippen molar-refractivity contribution in [2.24, 2.45) is 5.41 Å². The summed E-state index contributed by atoms with van der Waals surface area (Å²) in [4.78, 5) is 36.2. The Labute approximate surface area is 280 Å². The van der Waals surface area contributed by atoms with Crippen molar-refractivity contribution in [3.63, 3.8) is 0 Å². The van der Waals surface area contributed by atoms with Crippen LogP contribution < -0.4 is 16.0 Å². The number of hydrogen-bond donors (Lipinski definition) is 4. The molecule has 0 bridgehead atoms. The highest BCUT2D eigenvalue weighted by atomic mass is 33.1. The quantitative estimate of drug-likeness (QED) is 0.0468. The number of ether oxygens (including phenoxy) is 1. The molecule has 0 aliphatic heterocycles. The fourth-order valence-corrected chi connectivity index (χ4v) is 5.52. The minimum atomic E-state index is -0.791. The Bertz CT molecular complexity index is 974. The lowest BCUT2D eigenvalue weighted by molar-refractivity contribution is -0.140. The summed E-state index contributed by atoms with van der Waals surface area (Å²) in [6, 6.07) is 0. The van der Waals surface area contributed by atoms with E-state index < -0.39 is 11.5 Å². The van der Waals surface area contributed by atoms with Gasteiger partial charge in [-0.3, -0.25) is 14.4 Å². The van der Waals surface area contributed by atoms with E-state index in [1.165, 1.54) is 7.11 Å². The summed E-state index contributed by atoms with van der Waals surface area (Å²) in [6.45, 7) is 6.76. The van der Waals surface area contributed by atoms with Crippen molar-refractivity contribution in [2.75, 3.05) is 44.9 Å². The van der Waals surface area contributed by atoms with E-state index in [4.69, 9.17) is 4.74 Å². The number of rotatable bonds is 27. The highest BCUT2D eigenvalue weighted by Gasteiger charge is 2.34. The molecule has 0 heterocycles. The standard InChI is InChI=1S/C35H57N3O5S2/c1-5-6-7-8-9-10-11-12-13-14-15-16-17-18-19-20-21-22-23-31(40)36-26-28-44-45-29-27-37-32(41)24-25-38-34(42)33(43-4)35(2,3)30-39/h6-7,9-10,12-13,15-16,18-19,21-22,33,39H,5,8,11,14,17,20,23-30H2,1-4H3,(H,36,40)(H,37,41)(H,38,42)/b7-6-,10-9-,13-12-,16-15-,19-18-,22-21-/t33-/m0/s1. The minimum Gasteiger partial charge on any atom is -0.396 e. The van der Waals surface area contributed by atoms with Crippen LogP contribution in [0, 0.1) is 5.41 Å². The van der Waals surface area contributed by atoms with Crippen LogP contribution in [0.5, 0.6) is 0 Å². The molecule has 254 valence electrons. The maximum atomic E-state index is 12.2. The third-order valence-corrected chi connectivity index (χ3v) is 8.65. The number of carbonyl (C=O) groups excluding carboxylic acids is 3. The fraction of sp³-hybridized carbons (Fsp3) is 0.571. The number of amides is 3. The second kappa shape index (κ2) is 30.1. The second-order valence-electron chi connectivity index (χ2n) is 10.8. The predicted molar refractivity (Wildman–Crippen MR) is 193 cm³/mol. The van der Waals surface area contributed by atoms with Gasteiger partial charge in [-0.1, -0.05) is 115 Å². The van der Waals surface area contributed by atoms with E-state index in [9.17, 15) is 19.5 Å². The highest BCUT2D eigenvalue weighted by Crippen LogP contribution is 2.22. The first kappa shape index (κ1) is 42.5. The third-order valence-electron chi connectivity index (χ3n) is 6.24. The van der Waals surface area contributed by atoms with E-state index in [-0.39, 0.29) is 37.3 Å². The van der Waals surface area contributed by atoms with Crippen molar-refractivity contribution in [2.45, 2.75) is 78.2 Å². The molecule has 0 fully saturated rings. The average molecular weight is 664 g/mol. The maximum Gasteiger partial charge on any atom is 0.249 e. The Balaban J connectivity index is 3.69. The molecule has 0 aromatic heterocycles. The molecule has 0 aliphatic carbocycles. The molecule has 8 nitrogen and oxygen atoms in total. The van der Waals surface area contributed by atoms with Crippen LogP contribution in [-0.4, -0.2) is 73.8 Å². The van der Waals surface area contributed by atoms with Crippen LogP contribution in [0.25, 0.3) is 0 Å². The van der Waals surface area contributed by atoms with Crippen LogP contribution >= 0.6 is 21.6 Å². The fourth-order valence-electron chi connectivity index (χ4n) is 3.71. The highest BCUT2D eigenvalue weighted by molar-refractivity contribution is 8.76. The van der Waals surface area contributed by atoms with Crippen molar-refractivity contribution in [3.8, 4) is 0 Å². The zero-order valence-electron chi connectivity index (χ0n) is 27.8. The molecule has 0 aromatic carbocycles. The van der Waals surface area contributed by atoms with Crippen molar-refractivity contribution in [3.05, 3.63) is 72.9 Å². The molecule has 0 radical (unpaired) electrons. The van der Waals surface area contributed by atoms with Gasteiger partial charge in [0, 0.05) is 56.5 Å². The normalized spacial score (nSPS) is 13.3. The summed E-state index contributed by atoms with van der Waals surface area (Å²) >= 11 is 0. The van der Waals surface area contributed by atoms with E-state index in [0.717, 1.165) is 50.0 Å². The van der Waals surface area contributed by atoms with Gasteiger partial charge in [0.15, 0.2) is 0 Å². The van der Waals surface area contributed by atoms with Crippen LogP contribution in [0.4, 0.5) is 0 Å². The van der Waals surface area contributed by atoms with E-state index in [2.05, 4.69) is 83.6 Å². The van der Waals surface area contributed by atoms with Gasteiger partial charge in [0.25, 0.3) is 0 Å². The lowest BCUT2D eigenvalue weighted by Crippen LogP contribution is -2.47. The summed E-state index contributed by atoms with van der Waals surface area (Å²) in [5.41, 5.74) is -0.715. The molecule has 0 saturated carbocycles. The van der Waals surface area contributed by atoms with Gasteiger partial charge < -0.3 is 25.8 Å². The lowest BCUT2D eigenvalue weighted by atomic mass is 9.87. The first-order valence-electron chi connectivity index (χ1n) is 15.9. The zero-order valence-corrected chi connectivity index (χ0v) is 29.4. The number of methoxy groups -OCH3 is 1. The number of carbonyl (C=O) groups is 3. The van der Waals surface area contributed by atoms with Crippen LogP contribution in [0.3, 0.4) is 0 Å². The number of aliphatic hydroxyl groups excluding tert-OH is 1. The molecule has 0 unspecified atom stereocenters. The molecule has 0 aliphatic rings. The smallest absolute Gasteiger partial charge is 0.249 e. The van der Waals surface area contributed by atoms with Gasteiger partial charge in [0.05, 0.1) is 6.61 Å². The summed E-state index contributed by atoms with van der Waals surface area (Å²) in [5.74, 6) is 1.05. The molecule has 0 saturated heterocycles. The number of allylic oxidation sites excluding steroid dienone is 11. The number of aliphatic hydroxyl groups is 1. The number of nitrogens with one attached hydrogen (secondary N) is 3. The maximum absolute atomic E-state index is 12.2. The largest absolute Gasteiger partial charge is 0.396 e. The summed E-state index contributed by atoms with van der Waals surface area (Å²) in [7, 11) is 4.71. The predicted octanol–water partition coefficient (Wildman–Crippen LogP) is 6.23. The molecule has 1 atom stereocenters. The van der Waals surface area contributed by atoms with E-state index in [1.807, 2.05) is 12.2 Å². The molecule has 0 aromatic rings.